The van der Waals surface area contributed by atoms with Crippen molar-refractivity contribution in [3.8, 4) is 5.75 Å². The number of amides is 1. The molecule has 1 N–H and O–H groups in total. The molecule has 0 aliphatic heterocycles. The van der Waals surface area contributed by atoms with Gasteiger partial charge in [0.2, 0.25) is 0 Å². The van der Waals surface area contributed by atoms with Gasteiger partial charge in [-0.25, -0.2) is 0 Å². The van der Waals surface area contributed by atoms with E-state index in [1.54, 1.807) is 0 Å². The molecule has 0 spiro atoms. The van der Waals surface area contributed by atoms with Crippen LogP contribution in [0.15, 0.2) is 54.1 Å². The van der Waals surface area contributed by atoms with Crippen molar-refractivity contribution in [2.75, 3.05) is 6.54 Å². The maximum atomic E-state index is 12.4. The molecule has 0 aromatic heterocycles. The van der Waals surface area contributed by atoms with Crippen LogP contribution >= 0.6 is 0 Å². The molecule has 1 atom stereocenters. The zero-order valence-corrected chi connectivity index (χ0v) is 15.0. The van der Waals surface area contributed by atoms with Crippen molar-refractivity contribution in [1.29, 1.82) is 0 Å². The maximum absolute atomic E-state index is 12.4. The first kappa shape index (κ1) is 17.5. The molecular weight excluding hydrogens is 310 g/mol. The molecule has 3 heteroatoms. The molecule has 0 fully saturated rings. The minimum absolute atomic E-state index is 0.0212. The fraction of sp³-hybridized carbons (Fsp3) is 0.409. The lowest BCUT2D eigenvalue weighted by Gasteiger charge is -2.18. The molecule has 0 saturated carbocycles. The van der Waals surface area contributed by atoms with Crippen molar-refractivity contribution in [2.24, 2.45) is 0 Å². The molecule has 132 valence electrons. The van der Waals surface area contributed by atoms with E-state index in [0.29, 0.717) is 13.0 Å². The van der Waals surface area contributed by atoms with Crippen molar-refractivity contribution in [2.45, 2.75) is 51.6 Å². The summed E-state index contributed by atoms with van der Waals surface area (Å²) in [5, 5.41) is 5.33. The lowest BCUT2D eigenvalue weighted by Crippen LogP contribution is -2.38. The van der Waals surface area contributed by atoms with Crippen LogP contribution in [-0.2, 0) is 4.79 Å². The summed E-state index contributed by atoms with van der Waals surface area (Å²) in [5.41, 5.74) is 1.48. The van der Waals surface area contributed by atoms with Gasteiger partial charge in [-0.1, -0.05) is 48.9 Å². The van der Waals surface area contributed by atoms with E-state index in [4.69, 9.17) is 4.74 Å². The van der Waals surface area contributed by atoms with Gasteiger partial charge in [-0.15, -0.1) is 0 Å². The average Bonchev–Trinajstić information content (AvgIpc) is 2.66. The standard InChI is InChI=1S/C22H27NO2/c1-2-21(22(24)23-15-14-17-8-4-3-5-9-17)25-20-13-12-18-10-6-7-11-19(18)16-20/h6-8,10-13,16,21H,2-5,9,14-15H2,1H3,(H,23,24)/t21-/m1/s1. The van der Waals surface area contributed by atoms with Crippen LogP contribution in [0.5, 0.6) is 5.75 Å². The monoisotopic (exact) mass is 337 g/mol. The van der Waals surface area contributed by atoms with Crippen LogP contribution in [0.1, 0.15) is 45.4 Å². The molecule has 1 aliphatic rings. The van der Waals surface area contributed by atoms with E-state index in [1.807, 2.05) is 37.3 Å². The van der Waals surface area contributed by atoms with Gasteiger partial charge < -0.3 is 10.1 Å². The van der Waals surface area contributed by atoms with E-state index < -0.39 is 6.10 Å². The number of rotatable bonds is 7. The first-order valence-corrected chi connectivity index (χ1v) is 9.37. The number of fused-ring (bicyclic) bond motifs is 1. The molecule has 0 saturated heterocycles. The Balaban J connectivity index is 1.55. The number of allylic oxidation sites excluding steroid dienone is 1. The summed E-state index contributed by atoms with van der Waals surface area (Å²) < 4.78 is 5.95. The normalized spacial score (nSPS) is 15.5. The Kier molecular flexibility index (Phi) is 6.10. The van der Waals surface area contributed by atoms with Gasteiger partial charge in [0, 0.05) is 6.54 Å². The Hall–Kier alpha value is -2.29. The van der Waals surface area contributed by atoms with E-state index in [1.165, 1.54) is 36.6 Å². The third-order valence-electron chi connectivity index (χ3n) is 4.79. The lowest BCUT2D eigenvalue weighted by molar-refractivity contribution is -0.128. The largest absolute Gasteiger partial charge is 0.481 e. The van der Waals surface area contributed by atoms with Gasteiger partial charge in [0.05, 0.1) is 0 Å². The Morgan fingerprint density at radius 2 is 2.00 bits per heavy atom. The average molecular weight is 337 g/mol. The second kappa shape index (κ2) is 8.70. The highest BCUT2D eigenvalue weighted by Gasteiger charge is 2.18. The molecule has 2 aromatic carbocycles. The zero-order chi connectivity index (χ0) is 17.5. The van der Waals surface area contributed by atoms with Crippen molar-refractivity contribution in [1.82, 2.24) is 5.32 Å². The highest BCUT2D eigenvalue weighted by Crippen LogP contribution is 2.22. The summed E-state index contributed by atoms with van der Waals surface area (Å²) in [7, 11) is 0. The predicted molar refractivity (Wildman–Crippen MR) is 103 cm³/mol. The van der Waals surface area contributed by atoms with Crippen LogP contribution in [0.25, 0.3) is 10.8 Å². The Bertz CT molecular complexity index is 751. The minimum Gasteiger partial charge on any atom is -0.481 e. The molecule has 0 unspecified atom stereocenters. The van der Waals surface area contributed by atoms with Gasteiger partial charge in [-0.3, -0.25) is 4.79 Å². The topological polar surface area (TPSA) is 38.3 Å². The molecule has 25 heavy (non-hydrogen) atoms. The zero-order valence-electron chi connectivity index (χ0n) is 15.0. The number of benzene rings is 2. The molecule has 1 amide bonds. The second-order valence-electron chi connectivity index (χ2n) is 6.67. The molecule has 3 rings (SSSR count). The van der Waals surface area contributed by atoms with Crippen molar-refractivity contribution in [3.63, 3.8) is 0 Å². The molecule has 1 aliphatic carbocycles. The van der Waals surface area contributed by atoms with Crippen molar-refractivity contribution < 1.29 is 9.53 Å². The minimum atomic E-state index is -0.443. The van der Waals surface area contributed by atoms with Crippen LogP contribution in [0.4, 0.5) is 0 Å². The molecular formula is C22H27NO2. The van der Waals surface area contributed by atoms with E-state index in [2.05, 4.69) is 23.5 Å². The molecule has 2 aromatic rings. The summed E-state index contributed by atoms with van der Waals surface area (Å²) >= 11 is 0. The van der Waals surface area contributed by atoms with E-state index >= 15 is 0 Å². The van der Waals surface area contributed by atoms with E-state index in [-0.39, 0.29) is 5.91 Å². The van der Waals surface area contributed by atoms with Crippen LogP contribution in [0.3, 0.4) is 0 Å². The number of hydrogen-bond acceptors (Lipinski definition) is 2. The smallest absolute Gasteiger partial charge is 0.261 e. The van der Waals surface area contributed by atoms with Gasteiger partial charge in [0.25, 0.3) is 5.91 Å². The number of carbonyl (C=O) groups excluding carboxylic acids is 1. The van der Waals surface area contributed by atoms with Crippen LogP contribution < -0.4 is 10.1 Å². The Morgan fingerprint density at radius 1 is 1.16 bits per heavy atom. The van der Waals surface area contributed by atoms with E-state index in [0.717, 1.165) is 17.6 Å². The fourth-order valence-corrected chi connectivity index (χ4v) is 3.32. The lowest BCUT2D eigenvalue weighted by atomic mass is 9.97. The Morgan fingerprint density at radius 3 is 2.76 bits per heavy atom. The van der Waals surface area contributed by atoms with Gasteiger partial charge in [0.15, 0.2) is 6.10 Å². The predicted octanol–water partition coefficient (Wildman–Crippen LogP) is 5.00. The highest BCUT2D eigenvalue weighted by molar-refractivity contribution is 5.84. The van der Waals surface area contributed by atoms with Crippen LogP contribution in [0, 0.1) is 0 Å². The third-order valence-corrected chi connectivity index (χ3v) is 4.79. The summed E-state index contributed by atoms with van der Waals surface area (Å²) in [6.45, 7) is 2.68. The summed E-state index contributed by atoms with van der Waals surface area (Å²) in [6, 6.07) is 14.1. The molecule has 0 radical (unpaired) electrons. The first-order chi connectivity index (χ1) is 12.3. The number of carbonyl (C=O) groups is 1. The summed E-state index contributed by atoms with van der Waals surface area (Å²) in [6.07, 6.45) is 8.45. The molecule has 0 heterocycles. The van der Waals surface area contributed by atoms with Gasteiger partial charge in [-0.2, -0.15) is 0 Å². The van der Waals surface area contributed by atoms with Gasteiger partial charge in [-0.05, 0) is 61.4 Å². The first-order valence-electron chi connectivity index (χ1n) is 9.37. The van der Waals surface area contributed by atoms with Crippen LogP contribution in [-0.4, -0.2) is 18.6 Å². The quantitative estimate of drug-likeness (QED) is 0.722. The summed E-state index contributed by atoms with van der Waals surface area (Å²) in [4.78, 5) is 12.4. The second-order valence-corrected chi connectivity index (χ2v) is 6.67. The number of nitrogens with one attached hydrogen (secondary N) is 1. The number of hydrogen-bond donors (Lipinski definition) is 1. The highest BCUT2D eigenvalue weighted by atomic mass is 16.5. The number of ether oxygens (including phenoxy) is 1. The summed E-state index contributed by atoms with van der Waals surface area (Å²) in [5.74, 6) is 0.725. The van der Waals surface area contributed by atoms with Crippen LogP contribution in [0.2, 0.25) is 0 Å². The van der Waals surface area contributed by atoms with Gasteiger partial charge >= 0.3 is 0 Å². The van der Waals surface area contributed by atoms with Crippen molar-refractivity contribution in [3.05, 3.63) is 54.1 Å². The molecule has 0 bridgehead atoms. The van der Waals surface area contributed by atoms with Gasteiger partial charge in [0.1, 0.15) is 5.75 Å². The maximum Gasteiger partial charge on any atom is 0.261 e. The molecule has 3 nitrogen and oxygen atoms in total. The third kappa shape index (κ3) is 4.85. The van der Waals surface area contributed by atoms with E-state index in [9.17, 15) is 4.79 Å². The van der Waals surface area contributed by atoms with Crippen molar-refractivity contribution >= 4 is 16.7 Å². The fourth-order valence-electron chi connectivity index (χ4n) is 3.32. The Labute approximate surface area is 150 Å². The SMILES string of the molecule is CC[C@@H](Oc1ccc2ccccc2c1)C(=O)NCCC1=CCCCC1.